The van der Waals surface area contributed by atoms with E-state index < -0.39 is 0 Å². The van der Waals surface area contributed by atoms with E-state index in [0.29, 0.717) is 5.92 Å². The number of pyridine rings is 1. The van der Waals surface area contributed by atoms with Crippen molar-refractivity contribution >= 4 is 11.8 Å². The maximum absolute atomic E-state index is 10.6. The van der Waals surface area contributed by atoms with Crippen molar-refractivity contribution in [1.82, 2.24) is 4.98 Å². The SMILES string of the molecule is OC(c1ccncc1)C1CCOC2(CCSCC2)C1. The van der Waals surface area contributed by atoms with E-state index in [1.165, 1.54) is 11.5 Å². The highest BCUT2D eigenvalue weighted by molar-refractivity contribution is 7.99. The molecule has 19 heavy (non-hydrogen) atoms. The summed E-state index contributed by atoms with van der Waals surface area (Å²) in [7, 11) is 0. The summed E-state index contributed by atoms with van der Waals surface area (Å²) >= 11 is 2.02. The molecule has 3 heterocycles. The number of aromatic nitrogens is 1. The third kappa shape index (κ3) is 2.96. The fourth-order valence-electron chi connectivity index (χ4n) is 3.26. The number of ether oxygens (including phenoxy) is 1. The summed E-state index contributed by atoms with van der Waals surface area (Å²) < 4.78 is 6.09. The summed E-state index contributed by atoms with van der Waals surface area (Å²) in [5, 5.41) is 10.6. The highest BCUT2D eigenvalue weighted by Gasteiger charge is 2.40. The fraction of sp³-hybridized carbons (Fsp3) is 0.667. The molecule has 2 aliphatic heterocycles. The number of hydrogen-bond donors (Lipinski definition) is 1. The number of thioether (sulfide) groups is 1. The molecule has 2 atom stereocenters. The first-order valence-corrected chi connectivity index (χ1v) is 8.24. The van der Waals surface area contributed by atoms with Gasteiger partial charge in [0.05, 0.1) is 11.7 Å². The second kappa shape index (κ2) is 5.81. The summed E-state index contributed by atoms with van der Waals surface area (Å²) in [5.74, 6) is 2.70. The minimum Gasteiger partial charge on any atom is -0.388 e. The molecule has 1 aromatic heterocycles. The zero-order valence-electron chi connectivity index (χ0n) is 11.1. The molecule has 1 aromatic rings. The average Bonchev–Trinajstić information content (AvgIpc) is 2.48. The minimum absolute atomic E-state index is 0.0438. The van der Waals surface area contributed by atoms with Gasteiger partial charge in [0.25, 0.3) is 0 Å². The molecule has 1 N–H and O–H groups in total. The molecule has 3 nitrogen and oxygen atoms in total. The molecule has 3 rings (SSSR count). The Morgan fingerprint density at radius 3 is 2.79 bits per heavy atom. The maximum atomic E-state index is 10.6. The standard InChI is InChI=1S/C15H21NO2S/c17-14(12-1-6-16-7-2-12)13-3-8-18-15(11-13)4-9-19-10-5-15/h1-2,6-7,13-14,17H,3-5,8-11H2. The minimum atomic E-state index is -0.377. The van der Waals surface area contributed by atoms with Gasteiger partial charge in [-0.15, -0.1) is 0 Å². The van der Waals surface area contributed by atoms with Crippen molar-refractivity contribution in [3.8, 4) is 0 Å². The quantitative estimate of drug-likeness (QED) is 0.904. The third-order valence-corrected chi connectivity index (χ3v) is 5.41. The van der Waals surface area contributed by atoms with Gasteiger partial charge in [-0.25, -0.2) is 0 Å². The van der Waals surface area contributed by atoms with Crippen molar-refractivity contribution in [2.45, 2.75) is 37.4 Å². The van der Waals surface area contributed by atoms with Crippen molar-refractivity contribution in [3.63, 3.8) is 0 Å². The number of rotatable bonds is 2. The van der Waals surface area contributed by atoms with Crippen molar-refractivity contribution in [3.05, 3.63) is 30.1 Å². The molecule has 0 aliphatic carbocycles. The fourth-order valence-corrected chi connectivity index (χ4v) is 4.50. The van der Waals surface area contributed by atoms with E-state index in [-0.39, 0.29) is 11.7 Å². The highest BCUT2D eigenvalue weighted by Crippen LogP contribution is 2.43. The molecule has 2 aliphatic rings. The predicted octanol–water partition coefficient (Wildman–Crippen LogP) is 2.81. The Balaban J connectivity index is 1.71. The second-order valence-electron chi connectivity index (χ2n) is 5.62. The van der Waals surface area contributed by atoms with Crippen LogP contribution in [0.25, 0.3) is 0 Å². The molecule has 0 aromatic carbocycles. The van der Waals surface area contributed by atoms with Crippen LogP contribution in [0, 0.1) is 5.92 Å². The number of hydrogen-bond acceptors (Lipinski definition) is 4. The Labute approximate surface area is 118 Å². The number of nitrogens with zero attached hydrogens (tertiary/aromatic N) is 1. The van der Waals surface area contributed by atoms with Crippen LogP contribution in [-0.4, -0.2) is 33.8 Å². The molecule has 2 fully saturated rings. The van der Waals surface area contributed by atoms with E-state index >= 15 is 0 Å². The zero-order chi connectivity index (χ0) is 13.1. The van der Waals surface area contributed by atoms with E-state index in [0.717, 1.165) is 37.9 Å². The van der Waals surface area contributed by atoms with Crippen LogP contribution in [0.3, 0.4) is 0 Å². The monoisotopic (exact) mass is 279 g/mol. The van der Waals surface area contributed by atoms with Crippen LogP contribution in [0.4, 0.5) is 0 Å². The zero-order valence-corrected chi connectivity index (χ0v) is 11.9. The van der Waals surface area contributed by atoms with E-state index in [2.05, 4.69) is 4.98 Å². The van der Waals surface area contributed by atoms with Gasteiger partial charge in [-0.3, -0.25) is 4.98 Å². The summed E-state index contributed by atoms with van der Waals surface area (Å²) in [6, 6.07) is 3.84. The third-order valence-electron chi connectivity index (χ3n) is 4.43. The van der Waals surface area contributed by atoms with Gasteiger partial charge in [0, 0.05) is 19.0 Å². The van der Waals surface area contributed by atoms with Gasteiger partial charge in [-0.05, 0) is 60.8 Å². The van der Waals surface area contributed by atoms with Crippen LogP contribution in [0.1, 0.15) is 37.4 Å². The Hall–Kier alpha value is -0.580. The average molecular weight is 279 g/mol. The van der Waals surface area contributed by atoms with Gasteiger partial charge in [0.15, 0.2) is 0 Å². The molecule has 2 unspecified atom stereocenters. The van der Waals surface area contributed by atoms with Crippen LogP contribution in [0.2, 0.25) is 0 Å². The lowest BCUT2D eigenvalue weighted by Gasteiger charge is -2.44. The molecular formula is C15H21NO2S. The Morgan fingerprint density at radius 2 is 2.05 bits per heavy atom. The van der Waals surface area contributed by atoms with Gasteiger partial charge in [0.1, 0.15) is 0 Å². The number of aliphatic hydroxyl groups excluding tert-OH is 1. The van der Waals surface area contributed by atoms with E-state index in [9.17, 15) is 5.11 Å². The summed E-state index contributed by atoms with van der Waals surface area (Å²) in [5.41, 5.74) is 1.03. The lowest BCUT2D eigenvalue weighted by Crippen LogP contribution is -2.44. The van der Waals surface area contributed by atoms with Crippen LogP contribution >= 0.6 is 11.8 Å². The molecular weight excluding hydrogens is 258 g/mol. The Kier molecular flexibility index (Phi) is 4.10. The smallest absolute Gasteiger partial charge is 0.0821 e. The van der Waals surface area contributed by atoms with Crippen molar-refractivity contribution < 1.29 is 9.84 Å². The predicted molar refractivity (Wildman–Crippen MR) is 77.2 cm³/mol. The van der Waals surface area contributed by atoms with Crippen LogP contribution < -0.4 is 0 Å². The van der Waals surface area contributed by atoms with Gasteiger partial charge in [-0.1, -0.05) is 0 Å². The van der Waals surface area contributed by atoms with Crippen molar-refractivity contribution in [2.24, 2.45) is 5.92 Å². The molecule has 0 saturated carbocycles. The van der Waals surface area contributed by atoms with Gasteiger partial charge in [0.2, 0.25) is 0 Å². The molecule has 0 radical (unpaired) electrons. The van der Waals surface area contributed by atoms with E-state index in [1.54, 1.807) is 12.4 Å². The molecule has 104 valence electrons. The normalized spacial score (nSPS) is 28.2. The van der Waals surface area contributed by atoms with Crippen molar-refractivity contribution in [2.75, 3.05) is 18.1 Å². The van der Waals surface area contributed by atoms with E-state index in [1.807, 2.05) is 23.9 Å². The second-order valence-corrected chi connectivity index (χ2v) is 6.85. The van der Waals surface area contributed by atoms with Gasteiger partial charge in [-0.2, -0.15) is 11.8 Å². The first kappa shape index (κ1) is 13.4. The number of aliphatic hydroxyl groups is 1. The maximum Gasteiger partial charge on any atom is 0.0821 e. The van der Waals surface area contributed by atoms with Gasteiger partial charge < -0.3 is 9.84 Å². The lowest BCUT2D eigenvalue weighted by molar-refractivity contribution is -0.121. The first-order valence-electron chi connectivity index (χ1n) is 7.09. The largest absolute Gasteiger partial charge is 0.388 e. The first-order chi connectivity index (χ1) is 9.29. The van der Waals surface area contributed by atoms with Gasteiger partial charge >= 0.3 is 0 Å². The molecule has 0 amide bonds. The summed E-state index contributed by atoms with van der Waals surface area (Å²) in [6.45, 7) is 0.789. The van der Waals surface area contributed by atoms with Crippen molar-refractivity contribution in [1.29, 1.82) is 0 Å². The topological polar surface area (TPSA) is 42.4 Å². The summed E-state index contributed by atoms with van der Waals surface area (Å²) in [4.78, 5) is 4.02. The van der Waals surface area contributed by atoms with Crippen LogP contribution in [0.15, 0.2) is 24.5 Å². The lowest BCUT2D eigenvalue weighted by atomic mass is 9.78. The molecule has 2 saturated heterocycles. The van der Waals surface area contributed by atoms with Crippen LogP contribution in [-0.2, 0) is 4.74 Å². The van der Waals surface area contributed by atoms with Crippen LogP contribution in [0.5, 0.6) is 0 Å². The molecule has 0 bridgehead atoms. The Morgan fingerprint density at radius 1 is 1.32 bits per heavy atom. The molecule has 1 spiro atoms. The highest BCUT2D eigenvalue weighted by atomic mass is 32.2. The summed E-state index contributed by atoms with van der Waals surface area (Å²) in [6.07, 6.45) is 7.36. The Bertz CT molecular complexity index is 400. The molecule has 4 heteroatoms. The van der Waals surface area contributed by atoms with E-state index in [4.69, 9.17) is 4.74 Å².